The first-order valence-electron chi connectivity index (χ1n) is 12.1. The molecule has 2 amide bonds. The molecule has 0 saturated carbocycles. The van der Waals surface area contributed by atoms with E-state index >= 15 is 0 Å². The zero-order chi connectivity index (χ0) is 25.6. The number of anilines is 2. The van der Waals surface area contributed by atoms with Crippen LogP contribution in [0.4, 0.5) is 11.4 Å². The highest BCUT2D eigenvalue weighted by Gasteiger charge is 2.22. The summed E-state index contributed by atoms with van der Waals surface area (Å²) in [6.07, 6.45) is 5.00. The van der Waals surface area contributed by atoms with Gasteiger partial charge in [0.25, 0.3) is 5.91 Å². The van der Waals surface area contributed by atoms with Gasteiger partial charge in [-0.3, -0.25) is 14.3 Å². The van der Waals surface area contributed by atoms with Gasteiger partial charge in [-0.1, -0.05) is 48.5 Å². The maximum absolute atomic E-state index is 12.9. The molecule has 1 aliphatic heterocycles. The highest BCUT2D eigenvalue weighted by Crippen LogP contribution is 2.26. The zero-order valence-corrected chi connectivity index (χ0v) is 20.2. The minimum atomic E-state index is -0.581. The van der Waals surface area contributed by atoms with Gasteiger partial charge in [0.2, 0.25) is 5.91 Å². The second kappa shape index (κ2) is 10.9. The summed E-state index contributed by atoms with van der Waals surface area (Å²) in [7, 11) is 0. The number of hydrogen-bond donors (Lipinski definition) is 1. The molecule has 1 aliphatic rings. The number of carbonyl (C=O) groups excluding carboxylic acids is 3. The van der Waals surface area contributed by atoms with Crippen molar-refractivity contribution in [1.29, 1.82) is 0 Å². The average molecular weight is 495 g/mol. The number of nitrogens with one attached hydrogen (secondary N) is 1. The van der Waals surface area contributed by atoms with Crippen LogP contribution in [0.5, 0.6) is 0 Å². The number of benzene rings is 3. The predicted molar refractivity (Wildman–Crippen MR) is 140 cm³/mol. The van der Waals surface area contributed by atoms with Crippen LogP contribution in [0.1, 0.15) is 28.8 Å². The largest absolute Gasteiger partial charge is 0.452 e. The maximum atomic E-state index is 12.9. The van der Waals surface area contributed by atoms with Crippen LogP contribution in [0.15, 0.2) is 91.3 Å². The summed E-state index contributed by atoms with van der Waals surface area (Å²) in [5.74, 6) is -0.967. The molecule has 8 nitrogen and oxygen atoms in total. The Morgan fingerprint density at radius 2 is 1.81 bits per heavy atom. The van der Waals surface area contributed by atoms with Crippen molar-refractivity contribution in [2.24, 2.45) is 0 Å². The first-order chi connectivity index (χ1) is 18.1. The third-order valence-electron chi connectivity index (χ3n) is 6.17. The Balaban J connectivity index is 1.21. The van der Waals surface area contributed by atoms with Crippen molar-refractivity contribution in [2.75, 3.05) is 23.4 Å². The van der Waals surface area contributed by atoms with E-state index in [-0.39, 0.29) is 5.91 Å². The Bertz CT molecular complexity index is 1410. The van der Waals surface area contributed by atoms with Gasteiger partial charge in [0, 0.05) is 36.7 Å². The third-order valence-corrected chi connectivity index (χ3v) is 6.17. The molecule has 1 fully saturated rings. The van der Waals surface area contributed by atoms with Crippen molar-refractivity contribution < 1.29 is 19.1 Å². The van der Waals surface area contributed by atoms with Crippen LogP contribution in [-0.2, 0) is 20.9 Å². The summed E-state index contributed by atoms with van der Waals surface area (Å²) in [5.41, 5.74) is 4.33. The Morgan fingerprint density at radius 1 is 0.973 bits per heavy atom. The van der Waals surface area contributed by atoms with E-state index in [2.05, 4.69) is 10.4 Å². The van der Waals surface area contributed by atoms with E-state index in [0.29, 0.717) is 30.8 Å². The lowest BCUT2D eigenvalue weighted by Gasteiger charge is -2.16. The van der Waals surface area contributed by atoms with Gasteiger partial charge in [0.15, 0.2) is 6.61 Å². The van der Waals surface area contributed by atoms with Gasteiger partial charge in [-0.25, -0.2) is 4.79 Å². The van der Waals surface area contributed by atoms with Crippen molar-refractivity contribution in [3.8, 4) is 11.1 Å². The van der Waals surface area contributed by atoms with Gasteiger partial charge in [0.05, 0.1) is 12.1 Å². The number of aromatic nitrogens is 2. The topological polar surface area (TPSA) is 93.5 Å². The van der Waals surface area contributed by atoms with Gasteiger partial charge in [-0.2, -0.15) is 5.10 Å². The van der Waals surface area contributed by atoms with Crippen molar-refractivity contribution in [3.63, 3.8) is 0 Å². The molecule has 8 heteroatoms. The molecule has 1 aromatic heterocycles. The van der Waals surface area contributed by atoms with Crippen molar-refractivity contribution in [2.45, 2.75) is 19.4 Å². The number of amides is 2. The van der Waals surface area contributed by atoms with Gasteiger partial charge in [0.1, 0.15) is 0 Å². The van der Waals surface area contributed by atoms with Crippen LogP contribution in [0, 0.1) is 0 Å². The fourth-order valence-corrected chi connectivity index (χ4v) is 4.36. The van der Waals surface area contributed by atoms with Crippen LogP contribution in [0.25, 0.3) is 11.1 Å². The standard InChI is InChI=1S/C29H26N4O4/c34-27(31-23-6-3-7-24(18-23)33-17-4-10-28(33)35)20-37-29(36)26-9-2-1-8-25(26)22-13-11-21(12-14-22)19-32-16-5-15-30-32/h1-3,5-9,11-16,18H,4,10,17,19-20H2,(H,31,34). The second-order valence-corrected chi connectivity index (χ2v) is 8.77. The fourth-order valence-electron chi connectivity index (χ4n) is 4.36. The number of carbonyl (C=O) groups is 3. The fraction of sp³-hybridized carbons (Fsp3) is 0.172. The van der Waals surface area contributed by atoms with Gasteiger partial charge in [-0.15, -0.1) is 0 Å². The van der Waals surface area contributed by atoms with E-state index in [9.17, 15) is 14.4 Å². The first-order valence-corrected chi connectivity index (χ1v) is 12.1. The molecule has 0 unspecified atom stereocenters. The summed E-state index contributed by atoms with van der Waals surface area (Å²) < 4.78 is 7.18. The Morgan fingerprint density at radius 3 is 2.57 bits per heavy atom. The highest BCUT2D eigenvalue weighted by atomic mass is 16.5. The van der Waals surface area contributed by atoms with Gasteiger partial charge in [-0.05, 0) is 53.4 Å². The Hall–Kier alpha value is -4.72. The quantitative estimate of drug-likeness (QED) is 0.364. The van der Waals surface area contributed by atoms with E-state index in [1.807, 2.05) is 59.4 Å². The molecule has 4 aromatic rings. The number of ether oxygens (including phenoxy) is 1. The van der Waals surface area contributed by atoms with Gasteiger partial charge < -0.3 is 15.0 Å². The molecule has 2 heterocycles. The van der Waals surface area contributed by atoms with Crippen LogP contribution in [0.3, 0.4) is 0 Å². The molecule has 1 saturated heterocycles. The molecule has 0 spiro atoms. The van der Waals surface area contributed by atoms with Crippen LogP contribution >= 0.6 is 0 Å². The summed E-state index contributed by atoms with van der Waals surface area (Å²) in [4.78, 5) is 39.1. The summed E-state index contributed by atoms with van der Waals surface area (Å²) in [6, 6.07) is 24.0. The third kappa shape index (κ3) is 5.75. The average Bonchev–Trinajstić information content (AvgIpc) is 3.59. The SMILES string of the molecule is O=C(COC(=O)c1ccccc1-c1ccc(Cn2cccn2)cc1)Nc1cccc(N2CCCC2=O)c1. The minimum Gasteiger partial charge on any atom is -0.452 e. The Labute approximate surface area is 214 Å². The number of nitrogens with zero attached hydrogens (tertiary/aromatic N) is 3. The second-order valence-electron chi connectivity index (χ2n) is 8.77. The monoisotopic (exact) mass is 494 g/mol. The zero-order valence-electron chi connectivity index (χ0n) is 20.2. The smallest absolute Gasteiger partial charge is 0.339 e. The molecule has 37 heavy (non-hydrogen) atoms. The molecule has 0 bridgehead atoms. The molecule has 5 rings (SSSR count). The molecule has 0 radical (unpaired) electrons. The van der Waals surface area contributed by atoms with Crippen LogP contribution in [-0.4, -0.2) is 40.7 Å². The van der Waals surface area contributed by atoms with E-state index in [1.54, 1.807) is 41.4 Å². The highest BCUT2D eigenvalue weighted by molar-refractivity contribution is 6.00. The number of esters is 1. The minimum absolute atomic E-state index is 0.0728. The molecular formula is C29H26N4O4. The summed E-state index contributed by atoms with van der Waals surface area (Å²) in [5, 5.41) is 6.96. The normalized spacial score (nSPS) is 13.0. The number of hydrogen-bond acceptors (Lipinski definition) is 5. The lowest BCUT2D eigenvalue weighted by atomic mass is 9.98. The molecule has 186 valence electrons. The van der Waals surface area contributed by atoms with E-state index in [4.69, 9.17) is 4.74 Å². The molecule has 0 atom stereocenters. The predicted octanol–water partition coefficient (Wildman–Crippen LogP) is 4.52. The van der Waals surface area contributed by atoms with Crippen LogP contribution < -0.4 is 10.2 Å². The molecule has 1 N–H and O–H groups in total. The van der Waals surface area contributed by atoms with Crippen molar-refractivity contribution in [3.05, 3.63) is 102 Å². The van der Waals surface area contributed by atoms with E-state index in [1.165, 1.54) is 0 Å². The number of rotatable bonds is 8. The molecule has 3 aromatic carbocycles. The lowest BCUT2D eigenvalue weighted by Crippen LogP contribution is -2.24. The molecular weight excluding hydrogens is 468 g/mol. The summed E-state index contributed by atoms with van der Waals surface area (Å²) >= 11 is 0. The van der Waals surface area contributed by atoms with E-state index in [0.717, 1.165) is 28.8 Å². The van der Waals surface area contributed by atoms with Crippen LogP contribution in [0.2, 0.25) is 0 Å². The molecule has 0 aliphatic carbocycles. The first kappa shape index (κ1) is 24.0. The van der Waals surface area contributed by atoms with Crippen molar-refractivity contribution in [1.82, 2.24) is 9.78 Å². The van der Waals surface area contributed by atoms with E-state index < -0.39 is 18.5 Å². The van der Waals surface area contributed by atoms with Gasteiger partial charge >= 0.3 is 5.97 Å². The van der Waals surface area contributed by atoms with Crippen molar-refractivity contribution >= 4 is 29.2 Å². The lowest BCUT2D eigenvalue weighted by molar-refractivity contribution is -0.119. The Kier molecular flexibility index (Phi) is 7.07. The maximum Gasteiger partial charge on any atom is 0.339 e. The summed E-state index contributed by atoms with van der Waals surface area (Å²) in [6.45, 7) is 0.895.